The second-order valence-electron chi connectivity index (χ2n) is 4.19. The molecule has 1 fully saturated rings. The van der Waals surface area contributed by atoms with Crippen molar-refractivity contribution in [1.29, 1.82) is 0 Å². The van der Waals surface area contributed by atoms with Crippen molar-refractivity contribution in [2.45, 2.75) is 18.9 Å². The first-order chi connectivity index (χ1) is 7.56. The van der Waals surface area contributed by atoms with E-state index < -0.39 is 0 Å². The number of carbonyl (C=O) groups excluding carboxylic acids is 1. The molecule has 0 bridgehead atoms. The number of ether oxygens (including phenoxy) is 1. The van der Waals surface area contributed by atoms with Gasteiger partial charge < -0.3 is 9.64 Å². The molecule has 0 atom stereocenters. The van der Waals surface area contributed by atoms with Crippen LogP contribution in [0, 0.1) is 0 Å². The first kappa shape index (κ1) is 11.5. The minimum Gasteiger partial charge on any atom is -0.490 e. The van der Waals surface area contributed by atoms with Crippen molar-refractivity contribution in [2.75, 3.05) is 14.1 Å². The van der Waals surface area contributed by atoms with Gasteiger partial charge in [0.15, 0.2) is 0 Å². The van der Waals surface area contributed by atoms with E-state index in [1.807, 2.05) is 12.1 Å². The van der Waals surface area contributed by atoms with Crippen molar-refractivity contribution >= 4 is 21.8 Å². The average Bonchev–Trinajstić information content (AvgIpc) is 2.99. The Morgan fingerprint density at radius 3 is 2.62 bits per heavy atom. The van der Waals surface area contributed by atoms with E-state index in [0.29, 0.717) is 11.7 Å². The Morgan fingerprint density at radius 1 is 1.38 bits per heavy atom. The van der Waals surface area contributed by atoms with Gasteiger partial charge in [-0.3, -0.25) is 4.79 Å². The highest BCUT2D eigenvalue weighted by atomic mass is 79.9. The van der Waals surface area contributed by atoms with Crippen LogP contribution in [0.2, 0.25) is 0 Å². The molecule has 1 aliphatic rings. The van der Waals surface area contributed by atoms with E-state index in [2.05, 4.69) is 15.9 Å². The predicted octanol–water partition coefficient (Wildman–Crippen LogP) is 2.69. The molecule has 1 aromatic carbocycles. The van der Waals surface area contributed by atoms with Crippen LogP contribution in [0.5, 0.6) is 5.75 Å². The van der Waals surface area contributed by atoms with Gasteiger partial charge in [0.1, 0.15) is 5.75 Å². The quantitative estimate of drug-likeness (QED) is 0.854. The normalized spacial score (nSPS) is 14.7. The van der Waals surface area contributed by atoms with Crippen LogP contribution in [0.3, 0.4) is 0 Å². The third kappa shape index (κ3) is 2.76. The molecule has 0 heterocycles. The smallest absolute Gasteiger partial charge is 0.253 e. The minimum atomic E-state index is -0.0121. The standard InChI is InChI=1S/C12H14BrNO2/c1-14(2)12(15)8-5-9(13)7-11(6-8)16-10-3-4-10/h5-7,10H,3-4H2,1-2H3. The summed E-state index contributed by atoms with van der Waals surface area (Å²) in [5.41, 5.74) is 0.648. The molecule has 3 nitrogen and oxygen atoms in total. The van der Waals surface area contributed by atoms with E-state index in [4.69, 9.17) is 4.74 Å². The average molecular weight is 284 g/mol. The van der Waals surface area contributed by atoms with Gasteiger partial charge in [0.2, 0.25) is 0 Å². The van der Waals surface area contributed by atoms with E-state index >= 15 is 0 Å². The van der Waals surface area contributed by atoms with Crippen molar-refractivity contribution in [3.63, 3.8) is 0 Å². The third-order valence-electron chi connectivity index (χ3n) is 2.35. The van der Waals surface area contributed by atoms with Crippen LogP contribution >= 0.6 is 15.9 Å². The van der Waals surface area contributed by atoms with Crippen molar-refractivity contribution in [1.82, 2.24) is 4.90 Å². The predicted molar refractivity (Wildman–Crippen MR) is 65.8 cm³/mol. The Hall–Kier alpha value is -1.03. The number of hydrogen-bond donors (Lipinski definition) is 0. The van der Waals surface area contributed by atoms with Crippen LogP contribution in [0.25, 0.3) is 0 Å². The lowest BCUT2D eigenvalue weighted by Gasteiger charge is -2.12. The highest BCUT2D eigenvalue weighted by molar-refractivity contribution is 9.10. The van der Waals surface area contributed by atoms with E-state index in [1.54, 1.807) is 25.1 Å². The molecule has 0 aliphatic heterocycles. The highest BCUT2D eigenvalue weighted by Crippen LogP contribution is 2.29. The van der Waals surface area contributed by atoms with Crippen molar-refractivity contribution in [3.05, 3.63) is 28.2 Å². The van der Waals surface area contributed by atoms with Gasteiger partial charge in [0.05, 0.1) is 6.10 Å². The topological polar surface area (TPSA) is 29.5 Å². The van der Waals surface area contributed by atoms with Crippen molar-refractivity contribution < 1.29 is 9.53 Å². The van der Waals surface area contributed by atoms with Crippen LogP contribution in [0.15, 0.2) is 22.7 Å². The summed E-state index contributed by atoms with van der Waals surface area (Å²) in [7, 11) is 3.48. The molecular formula is C12H14BrNO2. The number of hydrogen-bond acceptors (Lipinski definition) is 2. The van der Waals surface area contributed by atoms with Gasteiger partial charge in [-0.05, 0) is 31.0 Å². The maximum absolute atomic E-state index is 11.8. The van der Waals surface area contributed by atoms with E-state index in [-0.39, 0.29) is 5.91 Å². The summed E-state index contributed by atoms with van der Waals surface area (Å²) in [6, 6.07) is 5.50. The van der Waals surface area contributed by atoms with Crippen molar-refractivity contribution in [3.8, 4) is 5.75 Å². The molecule has 1 aliphatic carbocycles. The summed E-state index contributed by atoms with van der Waals surface area (Å²) in [4.78, 5) is 13.4. The molecule has 0 aromatic heterocycles. The zero-order chi connectivity index (χ0) is 11.7. The van der Waals surface area contributed by atoms with Gasteiger partial charge in [-0.25, -0.2) is 0 Å². The zero-order valence-electron chi connectivity index (χ0n) is 9.37. The lowest BCUT2D eigenvalue weighted by atomic mass is 10.2. The Bertz CT molecular complexity index is 413. The molecule has 0 saturated heterocycles. The summed E-state index contributed by atoms with van der Waals surface area (Å²) in [6.45, 7) is 0. The van der Waals surface area contributed by atoms with Gasteiger partial charge in [-0.1, -0.05) is 15.9 Å². The van der Waals surface area contributed by atoms with Crippen LogP contribution in [0.4, 0.5) is 0 Å². The van der Waals surface area contributed by atoms with E-state index in [0.717, 1.165) is 23.1 Å². The van der Waals surface area contributed by atoms with Crippen LogP contribution < -0.4 is 4.74 Å². The number of halogens is 1. The fourth-order valence-corrected chi connectivity index (χ4v) is 1.86. The Kier molecular flexibility index (Phi) is 3.19. The molecule has 1 aromatic rings. The summed E-state index contributed by atoms with van der Waals surface area (Å²) in [5, 5.41) is 0. The van der Waals surface area contributed by atoms with Gasteiger partial charge in [0.25, 0.3) is 5.91 Å². The lowest BCUT2D eigenvalue weighted by Crippen LogP contribution is -2.21. The molecular weight excluding hydrogens is 270 g/mol. The molecule has 0 spiro atoms. The van der Waals surface area contributed by atoms with E-state index in [1.165, 1.54) is 0 Å². The highest BCUT2D eigenvalue weighted by Gasteiger charge is 2.24. The van der Waals surface area contributed by atoms with Crippen LogP contribution in [0.1, 0.15) is 23.2 Å². The number of carbonyl (C=O) groups is 1. The summed E-state index contributed by atoms with van der Waals surface area (Å²) in [5.74, 6) is 0.754. The molecule has 86 valence electrons. The molecule has 1 saturated carbocycles. The fourth-order valence-electron chi connectivity index (χ4n) is 1.39. The maximum atomic E-state index is 11.8. The summed E-state index contributed by atoms with van der Waals surface area (Å²) in [6.07, 6.45) is 2.57. The van der Waals surface area contributed by atoms with E-state index in [9.17, 15) is 4.79 Å². The number of nitrogens with zero attached hydrogens (tertiary/aromatic N) is 1. The Balaban J connectivity index is 2.23. The largest absolute Gasteiger partial charge is 0.490 e. The van der Waals surface area contributed by atoms with Gasteiger partial charge >= 0.3 is 0 Å². The summed E-state index contributed by atoms with van der Waals surface area (Å²) < 4.78 is 6.55. The molecule has 0 radical (unpaired) electrons. The monoisotopic (exact) mass is 283 g/mol. The van der Waals surface area contributed by atoms with Crippen LogP contribution in [-0.2, 0) is 0 Å². The lowest BCUT2D eigenvalue weighted by molar-refractivity contribution is 0.0827. The second kappa shape index (κ2) is 4.45. The second-order valence-corrected chi connectivity index (χ2v) is 5.11. The van der Waals surface area contributed by atoms with Gasteiger partial charge in [-0.2, -0.15) is 0 Å². The molecule has 0 unspecified atom stereocenters. The number of benzene rings is 1. The SMILES string of the molecule is CN(C)C(=O)c1cc(Br)cc(OC2CC2)c1. The first-order valence-electron chi connectivity index (χ1n) is 5.25. The molecule has 2 rings (SSSR count). The third-order valence-corrected chi connectivity index (χ3v) is 2.81. The summed E-state index contributed by atoms with van der Waals surface area (Å²) >= 11 is 3.39. The Labute approximate surface area is 104 Å². The number of amides is 1. The van der Waals surface area contributed by atoms with Crippen molar-refractivity contribution in [2.24, 2.45) is 0 Å². The number of rotatable bonds is 3. The Morgan fingerprint density at radius 2 is 2.06 bits per heavy atom. The zero-order valence-corrected chi connectivity index (χ0v) is 11.0. The first-order valence-corrected chi connectivity index (χ1v) is 6.04. The molecule has 4 heteroatoms. The van der Waals surface area contributed by atoms with Gasteiger partial charge in [0, 0.05) is 24.1 Å². The minimum absolute atomic E-state index is 0.0121. The fraction of sp³-hybridized carbons (Fsp3) is 0.417. The van der Waals surface area contributed by atoms with Gasteiger partial charge in [-0.15, -0.1) is 0 Å². The maximum Gasteiger partial charge on any atom is 0.253 e. The molecule has 16 heavy (non-hydrogen) atoms. The molecule has 0 N–H and O–H groups in total. The molecule has 1 amide bonds. The van der Waals surface area contributed by atoms with Crippen LogP contribution in [-0.4, -0.2) is 31.0 Å².